The van der Waals surface area contributed by atoms with Crippen LogP contribution in [0.1, 0.15) is 49.3 Å². The van der Waals surface area contributed by atoms with E-state index in [1.807, 2.05) is 79.0 Å². The van der Waals surface area contributed by atoms with Gasteiger partial charge in [-0.15, -0.1) is 0 Å². The average molecular weight is 616 g/mol. The molecule has 0 radical (unpaired) electrons. The molecule has 0 amide bonds. The summed E-state index contributed by atoms with van der Waals surface area (Å²) in [4.78, 5) is 23.5. The molecule has 0 unspecified atom stereocenters. The van der Waals surface area contributed by atoms with Crippen LogP contribution in [0, 0.1) is 20.8 Å². The Kier molecular flexibility index (Phi) is 10.0. The third-order valence-electron chi connectivity index (χ3n) is 7.72. The predicted octanol–water partition coefficient (Wildman–Crippen LogP) is 8.12. The molecule has 4 aromatic carbocycles. The molecule has 0 aliphatic rings. The van der Waals surface area contributed by atoms with E-state index < -0.39 is 11.9 Å². The van der Waals surface area contributed by atoms with Crippen LogP contribution in [-0.4, -0.2) is 39.9 Å². The Morgan fingerprint density at radius 2 is 1.48 bits per heavy atom. The van der Waals surface area contributed by atoms with E-state index in [1.54, 1.807) is 22.8 Å². The van der Waals surface area contributed by atoms with Crippen molar-refractivity contribution in [1.82, 2.24) is 4.57 Å². The Morgan fingerprint density at radius 1 is 0.783 bits per heavy atom. The highest BCUT2D eigenvalue weighted by Crippen LogP contribution is 2.29. The van der Waals surface area contributed by atoms with Crippen LogP contribution in [-0.2, 0) is 17.8 Å². The Bertz CT molecular complexity index is 1910. The maximum atomic E-state index is 11.8. The van der Waals surface area contributed by atoms with Crippen molar-refractivity contribution < 1.29 is 29.3 Å². The maximum absolute atomic E-state index is 11.8. The van der Waals surface area contributed by atoms with Crippen molar-refractivity contribution in [2.45, 2.75) is 33.7 Å². The van der Waals surface area contributed by atoms with Gasteiger partial charge in [0.25, 0.3) is 0 Å². The van der Waals surface area contributed by atoms with Gasteiger partial charge in [0.05, 0.1) is 11.1 Å². The lowest BCUT2D eigenvalue weighted by Crippen LogP contribution is -2.08. The molecule has 2 N–H and O–H groups in total. The number of hydrogen-bond acceptors (Lipinski definition) is 4. The van der Waals surface area contributed by atoms with Gasteiger partial charge in [0, 0.05) is 18.0 Å². The van der Waals surface area contributed by atoms with Gasteiger partial charge in [-0.3, -0.25) is 4.79 Å². The largest absolute Gasteiger partial charge is 0.490 e. The van der Waals surface area contributed by atoms with Crippen LogP contribution >= 0.6 is 0 Å². The first-order valence-electron chi connectivity index (χ1n) is 15.1. The molecule has 0 aliphatic carbocycles. The molecule has 0 spiro atoms. The molecule has 1 aromatic heterocycles. The zero-order chi connectivity index (χ0) is 32.6. The Labute approximate surface area is 268 Å². The smallest absolute Gasteiger partial charge is 0.335 e. The monoisotopic (exact) mass is 615 g/mol. The Balaban J connectivity index is 1.26. The molecule has 5 rings (SSSR count). The number of ether oxygens (including phenoxy) is 2. The summed E-state index contributed by atoms with van der Waals surface area (Å²) in [6, 6.07) is 24.7. The summed E-state index contributed by atoms with van der Waals surface area (Å²) in [6.07, 6.45) is 10.0. The first-order valence-corrected chi connectivity index (χ1v) is 15.1. The molecule has 0 saturated carbocycles. The highest BCUT2D eigenvalue weighted by molar-refractivity contribution is 5.95. The van der Waals surface area contributed by atoms with Gasteiger partial charge >= 0.3 is 11.9 Å². The fourth-order valence-electron chi connectivity index (χ4n) is 5.76. The SMILES string of the molecule is Cc1cc(C)c(OC/C=C/COc2ccc(C=Cc3cccc4c(Cc5ccccc5C(=O)O)cn(CC(=O)O)c34)cc2)c(C)c1. The number of aliphatic carboxylic acids is 1. The van der Waals surface area contributed by atoms with Crippen LogP contribution in [0.4, 0.5) is 0 Å². The molecule has 0 atom stereocenters. The van der Waals surface area contributed by atoms with Gasteiger partial charge < -0.3 is 24.3 Å². The minimum Gasteiger partial charge on any atom is -0.490 e. The number of aromatic carboxylic acids is 1. The fourth-order valence-corrected chi connectivity index (χ4v) is 5.76. The minimum atomic E-state index is -0.991. The van der Waals surface area contributed by atoms with Crippen molar-refractivity contribution in [3.63, 3.8) is 0 Å². The van der Waals surface area contributed by atoms with E-state index in [9.17, 15) is 19.8 Å². The first kappa shape index (κ1) is 31.9. The van der Waals surface area contributed by atoms with Gasteiger partial charge in [-0.25, -0.2) is 4.79 Å². The molecule has 7 heteroatoms. The summed E-state index contributed by atoms with van der Waals surface area (Å²) in [5, 5.41) is 20.1. The van der Waals surface area contributed by atoms with Crippen LogP contribution in [0.2, 0.25) is 0 Å². The highest BCUT2D eigenvalue weighted by Gasteiger charge is 2.16. The van der Waals surface area contributed by atoms with E-state index in [0.717, 1.165) is 50.2 Å². The molecule has 0 saturated heterocycles. The number of benzene rings is 4. The van der Waals surface area contributed by atoms with Crippen molar-refractivity contribution >= 4 is 35.0 Å². The topological polar surface area (TPSA) is 98.0 Å². The molecule has 0 bridgehead atoms. The quantitative estimate of drug-likeness (QED) is 0.103. The van der Waals surface area contributed by atoms with Crippen LogP contribution in [0.25, 0.3) is 23.1 Å². The summed E-state index contributed by atoms with van der Waals surface area (Å²) in [7, 11) is 0. The number of nitrogens with zero attached hydrogens (tertiary/aromatic N) is 1. The van der Waals surface area contributed by atoms with E-state index in [0.29, 0.717) is 25.2 Å². The summed E-state index contributed by atoms with van der Waals surface area (Å²) in [5.74, 6) is -0.276. The number of aryl methyl sites for hydroxylation is 3. The van der Waals surface area contributed by atoms with Gasteiger partial charge in [0.15, 0.2) is 0 Å². The zero-order valence-electron chi connectivity index (χ0n) is 26.2. The van der Waals surface area contributed by atoms with Crippen molar-refractivity contribution in [1.29, 1.82) is 0 Å². The van der Waals surface area contributed by atoms with Crippen molar-refractivity contribution in [2.24, 2.45) is 0 Å². The number of rotatable bonds is 13. The van der Waals surface area contributed by atoms with E-state index in [2.05, 4.69) is 32.9 Å². The third kappa shape index (κ3) is 7.74. The second-order valence-electron chi connectivity index (χ2n) is 11.3. The summed E-state index contributed by atoms with van der Waals surface area (Å²) in [5.41, 5.74) is 7.86. The van der Waals surface area contributed by atoms with Gasteiger partial charge in [-0.1, -0.05) is 78.4 Å². The zero-order valence-corrected chi connectivity index (χ0v) is 26.2. The molecule has 0 fully saturated rings. The van der Waals surface area contributed by atoms with Crippen molar-refractivity contribution in [3.8, 4) is 11.5 Å². The lowest BCUT2D eigenvalue weighted by Gasteiger charge is -2.11. The standard InChI is InChI=1S/C39H37NO6/c1-26-21-27(2)38(28(3)22-26)46-20-7-6-19-45-33-17-14-29(15-18-33)13-16-30-10-8-12-34-32(24-40(37(30)34)25-36(41)42)23-31-9-4-5-11-35(31)39(43)44/h4-18,21-22,24H,19-20,23,25H2,1-3H3,(H,41,42)(H,43,44)/b7-6+,16-13?. The second-order valence-corrected chi connectivity index (χ2v) is 11.3. The van der Waals surface area contributed by atoms with Gasteiger partial charge in [-0.2, -0.15) is 0 Å². The summed E-state index contributed by atoms with van der Waals surface area (Å²) in [6.45, 7) is 6.88. The normalized spacial score (nSPS) is 11.5. The first-order chi connectivity index (χ1) is 22.2. The average Bonchev–Trinajstić information content (AvgIpc) is 3.36. The number of fused-ring (bicyclic) bond motifs is 1. The van der Waals surface area contributed by atoms with Crippen LogP contribution < -0.4 is 9.47 Å². The van der Waals surface area contributed by atoms with E-state index in [1.165, 1.54) is 5.56 Å². The van der Waals surface area contributed by atoms with E-state index in [4.69, 9.17) is 9.47 Å². The highest BCUT2D eigenvalue weighted by atomic mass is 16.5. The van der Waals surface area contributed by atoms with Crippen LogP contribution in [0.3, 0.4) is 0 Å². The Morgan fingerprint density at radius 3 is 2.17 bits per heavy atom. The molecule has 1 heterocycles. The third-order valence-corrected chi connectivity index (χ3v) is 7.72. The molecular weight excluding hydrogens is 578 g/mol. The molecule has 7 nitrogen and oxygen atoms in total. The molecule has 46 heavy (non-hydrogen) atoms. The molecular formula is C39H37NO6. The minimum absolute atomic E-state index is 0.209. The van der Waals surface area contributed by atoms with Gasteiger partial charge in [0.1, 0.15) is 31.3 Å². The number of carbonyl (C=O) groups is 2. The number of hydrogen-bond donors (Lipinski definition) is 2. The fraction of sp³-hybridized carbons (Fsp3) is 0.179. The number of para-hydroxylation sites is 1. The van der Waals surface area contributed by atoms with Crippen molar-refractivity contribution in [2.75, 3.05) is 13.2 Å². The van der Waals surface area contributed by atoms with Crippen molar-refractivity contribution in [3.05, 3.63) is 142 Å². The molecule has 0 aliphatic heterocycles. The maximum Gasteiger partial charge on any atom is 0.335 e. The number of aromatic nitrogens is 1. The second kappa shape index (κ2) is 14.5. The summed E-state index contributed by atoms with van der Waals surface area (Å²) < 4.78 is 13.5. The predicted molar refractivity (Wildman–Crippen MR) is 182 cm³/mol. The Hall–Kier alpha value is -5.56. The summed E-state index contributed by atoms with van der Waals surface area (Å²) >= 11 is 0. The van der Waals surface area contributed by atoms with Crippen LogP contribution in [0.15, 0.2) is 97.2 Å². The van der Waals surface area contributed by atoms with E-state index in [-0.39, 0.29) is 12.1 Å². The van der Waals surface area contributed by atoms with Gasteiger partial charge in [0.2, 0.25) is 0 Å². The van der Waals surface area contributed by atoms with Crippen LogP contribution in [0.5, 0.6) is 11.5 Å². The number of carboxylic acid groups (broad SMARTS) is 2. The lowest BCUT2D eigenvalue weighted by molar-refractivity contribution is -0.137. The van der Waals surface area contributed by atoms with E-state index >= 15 is 0 Å². The molecule has 5 aromatic rings. The lowest BCUT2D eigenvalue weighted by atomic mass is 9.98. The van der Waals surface area contributed by atoms with Gasteiger partial charge in [-0.05, 0) is 84.5 Å². The number of carboxylic acids is 2. The molecule has 234 valence electrons.